The van der Waals surface area contributed by atoms with Gasteiger partial charge in [-0.25, -0.2) is 0 Å². The smallest absolute Gasteiger partial charge is 0.169 e. The molecule has 0 aliphatic rings. The Hall–Kier alpha value is -1.52. The fourth-order valence-electron chi connectivity index (χ4n) is 1.73. The number of ether oxygens (including phenoxy) is 1. The van der Waals surface area contributed by atoms with Crippen LogP contribution in [0.1, 0.15) is 19.6 Å². The van der Waals surface area contributed by atoms with Gasteiger partial charge in [0.25, 0.3) is 0 Å². The van der Waals surface area contributed by atoms with Crippen molar-refractivity contribution in [1.29, 1.82) is 0 Å². The first-order valence-corrected chi connectivity index (χ1v) is 6.14. The maximum atomic E-state index is 9.77. The fourth-order valence-corrected chi connectivity index (χ4v) is 1.73. The lowest BCUT2D eigenvalue weighted by molar-refractivity contribution is 0.0698. The average Bonchev–Trinajstić information content (AvgIpc) is 2.73. The van der Waals surface area contributed by atoms with Crippen molar-refractivity contribution in [2.24, 2.45) is 11.7 Å². The number of aliphatic hydroxyl groups excluding tert-OH is 1. The topological polar surface area (TPSA) is 68.6 Å². The molecule has 0 radical (unpaired) electrons. The molecule has 1 aromatic carbocycles. The molecular weight excluding hydrogens is 230 g/mol. The van der Waals surface area contributed by atoms with E-state index in [1.807, 2.05) is 38.1 Å². The Kier molecular flexibility index (Phi) is 3.89. The van der Waals surface area contributed by atoms with Crippen LogP contribution in [0.25, 0.3) is 11.0 Å². The maximum absolute atomic E-state index is 9.77. The number of hydrogen-bond acceptors (Lipinski definition) is 4. The molecule has 1 heterocycles. The van der Waals surface area contributed by atoms with Crippen LogP contribution in [0.5, 0.6) is 5.75 Å². The Balaban J connectivity index is 2.25. The molecule has 4 heteroatoms. The summed E-state index contributed by atoms with van der Waals surface area (Å²) in [6.07, 6.45) is -0.496. The lowest BCUT2D eigenvalue weighted by atomic mass is 10.1. The van der Waals surface area contributed by atoms with Crippen molar-refractivity contribution >= 4 is 11.0 Å². The first-order chi connectivity index (χ1) is 8.63. The predicted molar refractivity (Wildman–Crippen MR) is 70.4 cm³/mol. The van der Waals surface area contributed by atoms with Gasteiger partial charge in [0.05, 0.1) is 18.0 Å². The van der Waals surface area contributed by atoms with Gasteiger partial charge in [0.15, 0.2) is 11.5 Å². The van der Waals surface area contributed by atoms with E-state index in [2.05, 4.69) is 0 Å². The number of para-hydroxylation sites is 1. The third-order valence-electron chi connectivity index (χ3n) is 2.97. The predicted octanol–water partition coefficient (Wildman–Crippen LogP) is 2.29. The van der Waals surface area contributed by atoms with Crippen molar-refractivity contribution < 1.29 is 14.3 Å². The number of fused-ring (bicyclic) bond motifs is 1. The van der Waals surface area contributed by atoms with E-state index < -0.39 is 6.10 Å². The minimum atomic E-state index is -0.496. The van der Waals surface area contributed by atoms with E-state index in [1.165, 1.54) is 0 Å². The molecule has 2 aromatic rings. The highest BCUT2D eigenvalue weighted by Crippen LogP contribution is 2.32. The second-order valence-corrected chi connectivity index (χ2v) is 4.68. The molecule has 1 aromatic heterocycles. The van der Waals surface area contributed by atoms with Gasteiger partial charge >= 0.3 is 0 Å². The van der Waals surface area contributed by atoms with Crippen LogP contribution in [0.3, 0.4) is 0 Å². The van der Waals surface area contributed by atoms with Crippen molar-refractivity contribution in [2.45, 2.75) is 26.5 Å². The van der Waals surface area contributed by atoms with Gasteiger partial charge in [-0.05, 0) is 18.1 Å². The monoisotopic (exact) mass is 249 g/mol. The maximum Gasteiger partial charge on any atom is 0.169 e. The van der Waals surface area contributed by atoms with Gasteiger partial charge in [-0.2, -0.15) is 0 Å². The zero-order valence-corrected chi connectivity index (χ0v) is 10.7. The van der Waals surface area contributed by atoms with Crippen LogP contribution in [-0.2, 0) is 6.54 Å². The number of nitrogens with two attached hydrogens (primary N) is 1. The second kappa shape index (κ2) is 5.42. The summed E-state index contributed by atoms with van der Waals surface area (Å²) in [6.45, 7) is 4.42. The van der Waals surface area contributed by atoms with Gasteiger partial charge < -0.3 is 20.0 Å². The zero-order valence-electron chi connectivity index (χ0n) is 10.7. The molecule has 3 N–H and O–H groups in total. The second-order valence-electron chi connectivity index (χ2n) is 4.68. The highest BCUT2D eigenvalue weighted by atomic mass is 16.5. The van der Waals surface area contributed by atoms with Crippen LogP contribution in [0.15, 0.2) is 28.7 Å². The molecule has 98 valence electrons. The van der Waals surface area contributed by atoms with Gasteiger partial charge in [0.1, 0.15) is 12.2 Å². The van der Waals surface area contributed by atoms with Crippen LogP contribution in [0.4, 0.5) is 0 Å². The number of rotatable bonds is 5. The molecule has 0 saturated heterocycles. The van der Waals surface area contributed by atoms with Crippen LogP contribution >= 0.6 is 0 Å². The summed E-state index contributed by atoms with van der Waals surface area (Å²) >= 11 is 0. The Bertz CT molecular complexity index is 519. The van der Waals surface area contributed by atoms with E-state index in [9.17, 15) is 5.11 Å². The van der Waals surface area contributed by atoms with Crippen molar-refractivity contribution in [3.63, 3.8) is 0 Å². The minimum absolute atomic E-state index is 0.157. The average molecular weight is 249 g/mol. The Morgan fingerprint density at radius 2 is 2.06 bits per heavy atom. The molecule has 0 bridgehead atoms. The summed E-state index contributed by atoms with van der Waals surface area (Å²) in [5.74, 6) is 1.42. The molecule has 0 fully saturated rings. The quantitative estimate of drug-likeness (QED) is 0.853. The lowest BCUT2D eigenvalue weighted by Gasteiger charge is -2.15. The van der Waals surface area contributed by atoms with Crippen LogP contribution in [0, 0.1) is 5.92 Å². The molecule has 0 aliphatic carbocycles. The summed E-state index contributed by atoms with van der Waals surface area (Å²) < 4.78 is 11.3. The van der Waals surface area contributed by atoms with Gasteiger partial charge in [-0.15, -0.1) is 0 Å². The standard InChI is InChI=1S/C14H19NO3/c1-9(2)11(16)8-17-14-10-5-3-4-6-12(10)18-13(14)7-15/h3-6,9,11,16H,7-8,15H2,1-2H3. The minimum Gasteiger partial charge on any atom is -0.486 e. The van der Waals surface area contributed by atoms with Crippen LogP contribution in [-0.4, -0.2) is 17.8 Å². The molecule has 1 atom stereocenters. The Morgan fingerprint density at radius 1 is 1.33 bits per heavy atom. The van der Waals surface area contributed by atoms with E-state index in [-0.39, 0.29) is 19.1 Å². The van der Waals surface area contributed by atoms with E-state index in [0.717, 1.165) is 11.0 Å². The normalized spacial score (nSPS) is 13.2. The Labute approximate surface area is 106 Å². The molecule has 18 heavy (non-hydrogen) atoms. The number of furan rings is 1. The van der Waals surface area contributed by atoms with E-state index in [4.69, 9.17) is 14.9 Å². The fraction of sp³-hybridized carbons (Fsp3) is 0.429. The lowest BCUT2D eigenvalue weighted by Crippen LogP contribution is -2.23. The van der Waals surface area contributed by atoms with Crippen molar-refractivity contribution in [2.75, 3.05) is 6.61 Å². The molecular formula is C14H19NO3. The van der Waals surface area contributed by atoms with Gasteiger partial charge in [0, 0.05) is 0 Å². The van der Waals surface area contributed by atoms with E-state index in [0.29, 0.717) is 11.5 Å². The van der Waals surface area contributed by atoms with Gasteiger partial charge in [-0.1, -0.05) is 26.0 Å². The van der Waals surface area contributed by atoms with Crippen molar-refractivity contribution in [1.82, 2.24) is 0 Å². The molecule has 0 spiro atoms. The highest BCUT2D eigenvalue weighted by Gasteiger charge is 2.16. The third kappa shape index (κ3) is 2.49. The summed E-state index contributed by atoms with van der Waals surface area (Å²) in [7, 11) is 0. The van der Waals surface area contributed by atoms with Gasteiger partial charge in [-0.3, -0.25) is 0 Å². The molecule has 0 amide bonds. The summed E-state index contributed by atoms with van der Waals surface area (Å²) in [6, 6.07) is 7.62. The van der Waals surface area contributed by atoms with E-state index >= 15 is 0 Å². The summed E-state index contributed by atoms with van der Waals surface area (Å²) in [5.41, 5.74) is 6.40. The highest BCUT2D eigenvalue weighted by molar-refractivity contribution is 5.85. The van der Waals surface area contributed by atoms with E-state index in [1.54, 1.807) is 0 Å². The zero-order chi connectivity index (χ0) is 13.1. The van der Waals surface area contributed by atoms with Crippen LogP contribution in [0.2, 0.25) is 0 Å². The molecule has 4 nitrogen and oxygen atoms in total. The summed E-state index contributed by atoms with van der Waals surface area (Å²) in [5, 5.41) is 10.7. The third-order valence-corrected chi connectivity index (χ3v) is 2.97. The number of aliphatic hydroxyl groups is 1. The SMILES string of the molecule is CC(C)C(O)COc1c(CN)oc2ccccc12. The van der Waals surface area contributed by atoms with Crippen molar-refractivity contribution in [3.05, 3.63) is 30.0 Å². The summed E-state index contributed by atoms with van der Waals surface area (Å²) in [4.78, 5) is 0. The van der Waals surface area contributed by atoms with Gasteiger partial charge in [0.2, 0.25) is 0 Å². The molecule has 0 aliphatic heterocycles. The van der Waals surface area contributed by atoms with Crippen LogP contribution < -0.4 is 10.5 Å². The largest absolute Gasteiger partial charge is 0.486 e. The number of benzene rings is 1. The molecule has 2 rings (SSSR count). The Morgan fingerprint density at radius 3 is 2.72 bits per heavy atom. The van der Waals surface area contributed by atoms with Crippen molar-refractivity contribution in [3.8, 4) is 5.75 Å². The first-order valence-electron chi connectivity index (χ1n) is 6.14. The number of hydrogen-bond donors (Lipinski definition) is 2. The molecule has 0 saturated carbocycles. The molecule has 1 unspecified atom stereocenters. The first kappa shape index (κ1) is 12.9.